The fourth-order valence-corrected chi connectivity index (χ4v) is 0. The minimum absolute atomic E-state index is 0. The molecule has 0 unspecified atom stereocenters. The van der Waals surface area contributed by atoms with E-state index in [1.54, 1.807) is 0 Å². The first-order valence-corrected chi connectivity index (χ1v) is 5.66. The molecule has 79 valence electrons. The van der Waals surface area contributed by atoms with Crippen molar-refractivity contribution >= 4 is 61.9 Å². The third kappa shape index (κ3) is 908. The molecule has 0 atom stereocenters. The molecule has 0 rings (SSSR count). The Kier molecular flexibility index (Phi) is 224. The minimum atomic E-state index is -1.75. The topological polar surface area (TPSA) is 161 Å². The summed E-state index contributed by atoms with van der Waals surface area (Å²) in [6.07, 6.45) is 0. The average molecular weight is 354 g/mol. The number of rotatable bonds is 0. The van der Waals surface area contributed by atoms with Crippen LogP contribution in [0.5, 0.6) is 0 Å². The summed E-state index contributed by atoms with van der Waals surface area (Å²) < 4.78 is 67.7. The molecule has 14 heteroatoms. The van der Waals surface area contributed by atoms with Gasteiger partial charge in [-0.05, 0) is 0 Å². The molecule has 0 saturated carbocycles. The number of hydrogen-bond donors (Lipinski definition) is 0. The molecular formula is Al4CoNiO8. The molecule has 0 bridgehead atoms. The van der Waals surface area contributed by atoms with E-state index in [4.69, 9.17) is 31.8 Å². The molecule has 0 spiro atoms. The van der Waals surface area contributed by atoms with E-state index < -0.39 is 61.9 Å². The Morgan fingerprint density at radius 1 is 0.571 bits per heavy atom. The SMILES string of the molecule is [Co+2].[Ni+2].[O]=[Al][O-].[O]=[Al][O-].[O]=[Al][O-].[O]=[Al][O-]. The predicted octanol–water partition coefficient (Wildman–Crippen LogP) is -6.76. The van der Waals surface area contributed by atoms with Crippen LogP contribution in [0.15, 0.2) is 0 Å². The van der Waals surface area contributed by atoms with Crippen LogP contribution in [0.4, 0.5) is 0 Å². The van der Waals surface area contributed by atoms with Crippen molar-refractivity contribution in [2.24, 2.45) is 0 Å². The second-order valence-electron chi connectivity index (χ2n) is 0.385. The van der Waals surface area contributed by atoms with E-state index in [0.717, 1.165) is 0 Å². The fraction of sp³-hybridized carbons (Fsp3) is 0. The Balaban J connectivity index is -0.0000000145. The van der Waals surface area contributed by atoms with Crippen molar-refractivity contribution in [3.05, 3.63) is 0 Å². The van der Waals surface area contributed by atoms with Crippen molar-refractivity contribution in [3.8, 4) is 0 Å². The van der Waals surface area contributed by atoms with E-state index >= 15 is 0 Å². The summed E-state index contributed by atoms with van der Waals surface area (Å²) in [6, 6.07) is 0. The maximum absolute atomic E-state index is 8.46. The molecule has 14 heavy (non-hydrogen) atoms. The van der Waals surface area contributed by atoms with Gasteiger partial charge in [-0.15, -0.1) is 0 Å². The summed E-state index contributed by atoms with van der Waals surface area (Å²) in [7, 11) is 0. The Morgan fingerprint density at radius 3 is 0.571 bits per heavy atom. The van der Waals surface area contributed by atoms with Gasteiger partial charge in [-0.25, -0.2) is 0 Å². The monoisotopic (exact) mass is 353 g/mol. The first-order chi connectivity index (χ1) is 5.66. The fourth-order valence-electron chi connectivity index (χ4n) is 0. The summed E-state index contributed by atoms with van der Waals surface area (Å²) in [4.78, 5) is 0. The summed E-state index contributed by atoms with van der Waals surface area (Å²) in [5, 5.41) is 0. The van der Waals surface area contributed by atoms with Crippen LogP contribution in [0.3, 0.4) is 0 Å². The maximum atomic E-state index is 8.46. The van der Waals surface area contributed by atoms with Crippen molar-refractivity contribution < 1.29 is 65.1 Å². The zero-order valence-electron chi connectivity index (χ0n) is 6.22. The Morgan fingerprint density at radius 2 is 0.571 bits per heavy atom. The van der Waals surface area contributed by atoms with Crippen LogP contribution in [-0.2, 0) is 48.5 Å². The molecule has 0 aromatic carbocycles. The van der Waals surface area contributed by atoms with Crippen molar-refractivity contribution in [1.29, 1.82) is 0 Å². The van der Waals surface area contributed by atoms with Gasteiger partial charge in [-0.3, -0.25) is 0 Å². The molecule has 0 heterocycles. The van der Waals surface area contributed by atoms with Crippen molar-refractivity contribution in [2.45, 2.75) is 0 Å². The second kappa shape index (κ2) is 87.0. The van der Waals surface area contributed by atoms with Crippen LogP contribution >= 0.6 is 0 Å². The summed E-state index contributed by atoms with van der Waals surface area (Å²) in [5.41, 5.74) is 0. The molecule has 0 aliphatic carbocycles. The standard InChI is InChI=1S/4Al.Co.Ni.8O/q;;;;2*+2;;;;;4*-1. The zero-order chi connectivity index (χ0) is 10.8. The van der Waals surface area contributed by atoms with Gasteiger partial charge in [0.15, 0.2) is 0 Å². The van der Waals surface area contributed by atoms with Gasteiger partial charge in [0.25, 0.3) is 0 Å². The Hall–Kier alpha value is 1.53. The Labute approximate surface area is 126 Å². The molecule has 1 radical (unpaired) electrons. The van der Waals surface area contributed by atoms with Crippen LogP contribution in [0.25, 0.3) is 0 Å². The van der Waals surface area contributed by atoms with Crippen LogP contribution in [0.1, 0.15) is 0 Å². The third-order valence-electron chi connectivity index (χ3n) is 0. The first-order valence-electron chi connectivity index (χ1n) is 1.89. The molecule has 8 nitrogen and oxygen atoms in total. The Bertz CT molecular complexity index is 75.3. The summed E-state index contributed by atoms with van der Waals surface area (Å²) >= 11 is -7.00. The van der Waals surface area contributed by atoms with Gasteiger partial charge in [0.05, 0.1) is 0 Å². The third-order valence-corrected chi connectivity index (χ3v) is 0. The van der Waals surface area contributed by atoms with Gasteiger partial charge < -0.3 is 0 Å². The van der Waals surface area contributed by atoms with E-state index in [-0.39, 0.29) is 33.3 Å². The molecule has 0 saturated heterocycles. The van der Waals surface area contributed by atoms with Crippen LogP contribution in [0, 0.1) is 0 Å². The normalized spacial score (nSPS) is 2.29. The van der Waals surface area contributed by atoms with E-state index in [1.807, 2.05) is 0 Å². The van der Waals surface area contributed by atoms with Crippen LogP contribution in [-0.4, -0.2) is 61.9 Å². The second-order valence-corrected chi connectivity index (χ2v) is 1.15. The van der Waals surface area contributed by atoms with Gasteiger partial charge in [0.1, 0.15) is 0 Å². The van der Waals surface area contributed by atoms with Crippen molar-refractivity contribution in [1.82, 2.24) is 0 Å². The molecular weight excluding hydrogens is 354 g/mol. The molecule has 0 aliphatic heterocycles. The molecule has 0 aromatic rings. The van der Waals surface area contributed by atoms with Gasteiger partial charge in [-0.2, -0.15) is 0 Å². The summed E-state index contributed by atoms with van der Waals surface area (Å²) in [5.74, 6) is 0. The average Bonchev–Trinajstić information content (AvgIpc) is 1.92. The molecule has 0 aromatic heterocycles. The van der Waals surface area contributed by atoms with Crippen molar-refractivity contribution in [3.63, 3.8) is 0 Å². The van der Waals surface area contributed by atoms with Gasteiger partial charge in [0, 0.05) is 0 Å². The van der Waals surface area contributed by atoms with E-state index in [1.165, 1.54) is 0 Å². The predicted molar refractivity (Wildman–Crippen MR) is 25.8 cm³/mol. The van der Waals surface area contributed by atoms with Gasteiger partial charge in [-0.1, -0.05) is 0 Å². The zero-order valence-corrected chi connectivity index (χ0v) is 12.9. The van der Waals surface area contributed by atoms with E-state index in [0.29, 0.717) is 0 Å². The molecule has 0 amide bonds. The molecule has 0 N–H and O–H groups in total. The van der Waals surface area contributed by atoms with E-state index in [9.17, 15) is 0 Å². The summed E-state index contributed by atoms with van der Waals surface area (Å²) in [6.45, 7) is 0. The molecule has 0 fully saturated rings. The molecule has 0 aliphatic rings. The van der Waals surface area contributed by atoms with E-state index in [2.05, 4.69) is 0 Å². The van der Waals surface area contributed by atoms with Crippen LogP contribution in [0.2, 0.25) is 0 Å². The quantitative estimate of drug-likeness (QED) is 0.388. The first kappa shape index (κ1) is 36.1. The van der Waals surface area contributed by atoms with Gasteiger partial charge >= 0.3 is 127 Å². The van der Waals surface area contributed by atoms with Crippen LogP contribution < -0.4 is 16.6 Å². The van der Waals surface area contributed by atoms with Crippen molar-refractivity contribution in [2.75, 3.05) is 0 Å². The number of hydrogen-bond acceptors (Lipinski definition) is 8. The van der Waals surface area contributed by atoms with Gasteiger partial charge in [0.2, 0.25) is 0 Å².